The van der Waals surface area contributed by atoms with Crippen molar-refractivity contribution in [3.05, 3.63) is 0 Å². The van der Waals surface area contributed by atoms with Crippen molar-refractivity contribution in [1.29, 1.82) is 0 Å². The van der Waals surface area contributed by atoms with Crippen molar-refractivity contribution in [3.63, 3.8) is 0 Å². The van der Waals surface area contributed by atoms with Crippen LogP contribution in [0, 0.1) is 5.92 Å². The van der Waals surface area contributed by atoms with Gasteiger partial charge in [-0.3, -0.25) is 0 Å². The largest absolute Gasteiger partial charge is 0.414 e. The lowest BCUT2D eigenvalue weighted by atomic mass is 9.99. The second-order valence-electron chi connectivity index (χ2n) is 3.26. The van der Waals surface area contributed by atoms with Gasteiger partial charge in [0.1, 0.15) is 0 Å². The molecule has 2 unspecified atom stereocenters. The highest BCUT2D eigenvalue weighted by Crippen LogP contribution is 2.31. The third-order valence-corrected chi connectivity index (χ3v) is 2.14. The Morgan fingerprint density at radius 2 is 2.08 bits per heavy atom. The van der Waals surface area contributed by atoms with Crippen LogP contribution in [0.15, 0.2) is 0 Å². The SMILES string of the molecule is COCC1CCC(C(F)(F)F)OC1. The summed E-state index contributed by atoms with van der Waals surface area (Å²) in [4.78, 5) is 0. The number of halogens is 3. The van der Waals surface area contributed by atoms with E-state index in [1.807, 2.05) is 0 Å². The molecule has 1 heterocycles. The summed E-state index contributed by atoms with van der Waals surface area (Å²) in [6.07, 6.45) is -5.20. The summed E-state index contributed by atoms with van der Waals surface area (Å²) in [5.41, 5.74) is 0. The van der Waals surface area contributed by atoms with Gasteiger partial charge in [0.25, 0.3) is 0 Å². The van der Waals surface area contributed by atoms with E-state index in [2.05, 4.69) is 0 Å². The number of methoxy groups -OCH3 is 1. The third kappa shape index (κ3) is 3.15. The summed E-state index contributed by atoms with van der Waals surface area (Å²) in [6.45, 7) is 0.628. The average molecular weight is 198 g/mol. The fourth-order valence-corrected chi connectivity index (χ4v) is 1.43. The van der Waals surface area contributed by atoms with E-state index in [1.165, 1.54) is 7.11 Å². The second kappa shape index (κ2) is 4.28. The molecular formula is C8H13F3O2. The standard InChI is InChI=1S/C8H13F3O2/c1-12-4-6-2-3-7(13-5-6)8(9,10)11/h6-7H,2-5H2,1H3. The van der Waals surface area contributed by atoms with E-state index >= 15 is 0 Å². The average Bonchev–Trinajstić information content (AvgIpc) is 2.04. The second-order valence-corrected chi connectivity index (χ2v) is 3.26. The van der Waals surface area contributed by atoms with Crippen molar-refractivity contribution in [1.82, 2.24) is 0 Å². The van der Waals surface area contributed by atoms with E-state index in [-0.39, 0.29) is 18.9 Å². The first kappa shape index (κ1) is 10.8. The first-order chi connectivity index (χ1) is 6.04. The van der Waals surface area contributed by atoms with Gasteiger partial charge in [0.15, 0.2) is 6.10 Å². The lowest BCUT2D eigenvalue weighted by Crippen LogP contribution is -2.38. The Morgan fingerprint density at radius 3 is 2.46 bits per heavy atom. The van der Waals surface area contributed by atoms with Crippen molar-refractivity contribution < 1.29 is 22.6 Å². The number of alkyl halides is 3. The van der Waals surface area contributed by atoms with Crippen LogP contribution >= 0.6 is 0 Å². The molecule has 1 aliphatic rings. The Balaban J connectivity index is 2.30. The Morgan fingerprint density at radius 1 is 1.38 bits per heavy atom. The van der Waals surface area contributed by atoms with Gasteiger partial charge >= 0.3 is 6.18 Å². The molecule has 13 heavy (non-hydrogen) atoms. The predicted octanol–water partition coefficient (Wildman–Crippen LogP) is 1.99. The smallest absolute Gasteiger partial charge is 0.384 e. The maximum Gasteiger partial charge on any atom is 0.414 e. The molecule has 1 fully saturated rings. The zero-order valence-corrected chi connectivity index (χ0v) is 7.43. The van der Waals surface area contributed by atoms with Crippen LogP contribution < -0.4 is 0 Å². The summed E-state index contributed by atoms with van der Waals surface area (Å²) in [5.74, 6) is 0.114. The van der Waals surface area contributed by atoms with Crippen LogP contribution in [0.1, 0.15) is 12.8 Å². The Labute approximate surface area is 75.0 Å². The minimum absolute atomic E-state index is 0.0531. The summed E-state index contributed by atoms with van der Waals surface area (Å²) in [5, 5.41) is 0. The maximum absolute atomic E-state index is 12.1. The van der Waals surface area contributed by atoms with Crippen molar-refractivity contribution in [2.24, 2.45) is 5.92 Å². The molecule has 0 N–H and O–H groups in total. The van der Waals surface area contributed by atoms with Gasteiger partial charge in [-0.25, -0.2) is 0 Å². The molecule has 0 aromatic carbocycles. The molecule has 0 saturated carbocycles. The highest BCUT2D eigenvalue weighted by molar-refractivity contribution is 4.75. The van der Waals surface area contributed by atoms with Crippen LogP contribution in [-0.2, 0) is 9.47 Å². The maximum atomic E-state index is 12.1. The van der Waals surface area contributed by atoms with E-state index in [1.54, 1.807) is 0 Å². The predicted molar refractivity (Wildman–Crippen MR) is 40.4 cm³/mol. The van der Waals surface area contributed by atoms with E-state index in [4.69, 9.17) is 9.47 Å². The minimum atomic E-state index is -4.21. The summed E-state index contributed by atoms with van der Waals surface area (Å²) in [7, 11) is 1.54. The molecule has 2 atom stereocenters. The topological polar surface area (TPSA) is 18.5 Å². The van der Waals surface area contributed by atoms with Crippen molar-refractivity contribution >= 4 is 0 Å². The van der Waals surface area contributed by atoms with E-state index < -0.39 is 12.3 Å². The van der Waals surface area contributed by atoms with Gasteiger partial charge in [0.05, 0.1) is 13.2 Å². The lowest BCUT2D eigenvalue weighted by Gasteiger charge is -2.29. The highest BCUT2D eigenvalue weighted by Gasteiger charge is 2.42. The third-order valence-electron chi connectivity index (χ3n) is 2.14. The van der Waals surface area contributed by atoms with E-state index in [9.17, 15) is 13.2 Å². The first-order valence-electron chi connectivity index (χ1n) is 4.21. The highest BCUT2D eigenvalue weighted by atomic mass is 19.4. The van der Waals surface area contributed by atoms with Crippen LogP contribution in [0.5, 0.6) is 0 Å². The van der Waals surface area contributed by atoms with Gasteiger partial charge in [0, 0.05) is 13.0 Å². The molecule has 0 aromatic rings. The van der Waals surface area contributed by atoms with Crippen LogP contribution in [0.3, 0.4) is 0 Å². The van der Waals surface area contributed by atoms with Crippen molar-refractivity contribution in [3.8, 4) is 0 Å². The molecule has 0 aliphatic carbocycles. The Kier molecular flexibility index (Phi) is 3.55. The van der Waals surface area contributed by atoms with Crippen molar-refractivity contribution in [2.45, 2.75) is 25.1 Å². The normalized spacial score (nSPS) is 30.5. The van der Waals surface area contributed by atoms with E-state index in [0.29, 0.717) is 13.0 Å². The molecule has 0 radical (unpaired) electrons. The lowest BCUT2D eigenvalue weighted by molar-refractivity contribution is -0.237. The molecule has 1 saturated heterocycles. The summed E-state index contributed by atoms with van der Waals surface area (Å²) in [6, 6.07) is 0. The fraction of sp³-hybridized carbons (Fsp3) is 1.00. The van der Waals surface area contributed by atoms with Gasteiger partial charge in [-0.05, 0) is 12.8 Å². The van der Waals surface area contributed by atoms with Crippen molar-refractivity contribution in [2.75, 3.05) is 20.3 Å². The molecule has 1 rings (SSSR count). The number of hydrogen-bond donors (Lipinski definition) is 0. The zero-order valence-electron chi connectivity index (χ0n) is 7.43. The van der Waals surface area contributed by atoms with E-state index in [0.717, 1.165) is 0 Å². The molecule has 0 amide bonds. The molecule has 0 spiro atoms. The molecule has 78 valence electrons. The molecule has 2 nitrogen and oxygen atoms in total. The van der Waals surface area contributed by atoms with Crippen LogP contribution in [-0.4, -0.2) is 32.6 Å². The number of rotatable bonds is 2. The molecule has 0 bridgehead atoms. The van der Waals surface area contributed by atoms with Gasteiger partial charge in [-0.2, -0.15) is 13.2 Å². The van der Waals surface area contributed by atoms with Crippen LogP contribution in [0.2, 0.25) is 0 Å². The summed E-state index contributed by atoms with van der Waals surface area (Å²) < 4.78 is 45.8. The zero-order chi connectivity index (χ0) is 9.90. The molecular weight excluding hydrogens is 185 g/mol. The molecule has 1 aliphatic heterocycles. The monoisotopic (exact) mass is 198 g/mol. The first-order valence-corrected chi connectivity index (χ1v) is 4.21. The van der Waals surface area contributed by atoms with Gasteiger partial charge in [0.2, 0.25) is 0 Å². The number of ether oxygens (including phenoxy) is 2. The Bertz CT molecular complexity index is 150. The number of hydrogen-bond acceptors (Lipinski definition) is 2. The Hall–Kier alpha value is -0.290. The minimum Gasteiger partial charge on any atom is -0.384 e. The quantitative estimate of drug-likeness (QED) is 0.675. The van der Waals surface area contributed by atoms with Crippen LogP contribution in [0.4, 0.5) is 13.2 Å². The van der Waals surface area contributed by atoms with Gasteiger partial charge < -0.3 is 9.47 Å². The van der Waals surface area contributed by atoms with Gasteiger partial charge in [-0.15, -0.1) is 0 Å². The molecule has 0 aromatic heterocycles. The van der Waals surface area contributed by atoms with Gasteiger partial charge in [-0.1, -0.05) is 0 Å². The molecule has 5 heteroatoms. The fourth-order valence-electron chi connectivity index (χ4n) is 1.43. The van der Waals surface area contributed by atoms with Crippen LogP contribution in [0.25, 0.3) is 0 Å². The summed E-state index contributed by atoms with van der Waals surface area (Å²) >= 11 is 0.